The van der Waals surface area contributed by atoms with Gasteiger partial charge in [0, 0.05) is 18.8 Å². The quantitative estimate of drug-likeness (QED) is 0.406. The highest BCUT2D eigenvalue weighted by Gasteiger charge is 2.31. The Hall–Kier alpha value is -3.01. The van der Waals surface area contributed by atoms with Crippen LogP contribution in [0.25, 0.3) is 16.7 Å². The molecular weight excluding hydrogens is 434 g/mol. The zero-order chi connectivity index (χ0) is 22.2. The summed E-state index contributed by atoms with van der Waals surface area (Å²) < 4.78 is 34.3. The highest BCUT2D eigenvalue weighted by Crippen LogP contribution is 2.31. The Morgan fingerprint density at radius 2 is 1.84 bits per heavy atom. The standard InChI is InChI=1S/C22H21N3O4S2/c1-15(24(2)31(27,28)20-12-13-30-21(20)22(26)29-3)16-8-10-17(11-9-16)25-14-23-18-6-4-5-7-19(18)25/h4-15H,1-3H3. The fourth-order valence-electron chi connectivity index (χ4n) is 3.39. The van der Waals surface area contributed by atoms with Crippen LogP contribution in [-0.4, -0.2) is 42.4 Å². The van der Waals surface area contributed by atoms with Crippen molar-refractivity contribution >= 4 is 38.4 Å². The Labute approximate surface area is 184 Å². The number of esters is 1. The third-order valence-electron chi connectivity index (χ3n) is 5.31. The topological polar surface area (TPSA) is 81.5 Å². The number of carbonyl (C=O) groups is 1. The van der Waals surface area contributed by atoms with E-state index in [2.05, 4.69) is 4.98 Å². The molecule has 1 atom stereocenters. The molecule has 31 heavy (non-hydrogen) atoms. The molecule has 0 aliphatic heterocycles. The van der Waals surface area contributed by atoms with Crippen LogP contribution >= 0.6 is 11.3 Å². The fraction of sp³-hybridized carbons (Fsp3) is 0.182. The van der Waals surface area contributed by atoms with Crippen LogP contribution in [0.3, 0.4) is 0 Å². The lowest BCUT2D eigenvalue weighted by atomic mass is 10.1. The van der Waals surface area contributed by atoms with Crippen molar-refractivity contribution in [1.82, 2.24) is 13.9 Å². The van der Waals surface area contributed by atoms with Crippen LogP contribution in [-0.2, 0) is 14.8 Å². The van der Waals surface area contributed by atoms with Crippen LogP contribution in [0.5, 0.6) is 0 Å². The lowest BCUT2D eigenvalue weighted by Gasteiger charge is -2.25. The first-order valence-corrected chi connectivity index (χ1v) is 11.8. The summed E-state index contributed by atoms with van der Waals surface area (Å²) in [5.74, 6) is -0.661. The van der Waals surface area contributed by atoms with Crippen molar-refractivity contribution in [3.8, 4) is 5.69 Å². The average Bonchev–Trinajstić information content (AvgIpc) is 3.45. The lowest BCUT2D eigenvalue weighted by Crippen LogP contribution is -2.30. The van der Waals surface area contributed by atoms with E-state index < -0.39 is 22.0 Å². The van der Waals surface area contributed by atoms with E-state index in [9.17, 15) is 13.2 Å². The number of rotatable bonds is 6. The van der Waals surface area contributed by atoms with Crippen LogP contribution in [0.15, 0.2) is 71.2 Å². The number of hydrogen-bond donors (Lipinski definition) is 0. The van der Waals surface area contributed by atoms with Gasteiger partial charge >= 0.3 is 5.97 Å². The van der Waals surface area contributed by atoms with Crippen molar-refractivity contribution in [1.29, 1.82) is 0 Å². The Bertz CT molecular complexity index is 1340. The molecule has 2 aromatic heterocycles. The van der Waals surface area contributed by atoms with Gasteiger partial charge in [-0.25, -0.2) is 18.2 Å². The molecule has 0 saturated heterocycles. The third-order valence-corrected chi connectivity index (χ3v) is 8.30. The molecule has 7 nitrogen and oxygen atoms in total. The van der Waals surface area contributed by atoms with Gasteiger partial charge in [0.1, 0.15) is 16.1 Å². The van der Waals surface area contributed by atoms with Gasteiger partial charge in [-0.1, -0.05) is 24.3 Å². The molecule has 0 fully saturated rings. The molecule has 0 aliphatic carbocycles. The van der Waals surface area contributed by atoms with E-state index in [0.717, 1.165) is 33.6 Å². The van der Waals surface area contributed by atoms with Crippen LogP contribution in [0, 0.1) is 0 Å². The summed E-state index contributed by atoms with van der Waals surface area (Å²) in [6.07, 6.45) is 1.77. The first-order chi connectivity index (χ1) is 14.8. The summed E-state index contributed by atoms with van der Waals surface area (Å²) in [5, 5.41) is 1.57. The molecule has 0 spiro atoms. The van der Waals surface area contributed by atoms with Crippen LogP contribution < -0.4 is 0 Å². The molecule has 0 saturated carbocycles. The number of aromatic nitrogens is 2. The molecule has 0 aliphatic rings. The Balaban J connectivity index is 1.61. The number of hydrogen-bond acceptors (Lipinski definition) is 6. The van der Waals surface area contributed by atoms with Gasteiger partial charge in [0.15, 0.2) is 0 Å². The van der Waals surface area contributed by atoms with Crippen molar-refractivity contribution in [3.05, 3.63) is 76.7 Å². The number of para-hydroxylation sites is 2. The smallest absolute Gasteiger partial charge is 0.349 e. The molecule has 4 rings (SSSR count). The largest absolute Gasteiger partial charge is 0.465 e. The number of nitrogens with zero attached hydrogens (tertiary/aromatic N) is 3. The van der Waals surface area contributed by atoms with Crippen LogP contribution in [0.4, 0.5) is 0 Å². The van der Waals surface area contributed by atoms with E-state index >= 15 is 0 Å². The first kappa shape index (κ1) is 21.2. The highest BCUT2D eigenvalue weighted by molar-refractivity contribution is 7.89. The SMILES string of the molecule is COC(=O)c1sccc1S(=O)(=O)N(C)C(C)c1ccc(-n2cnc3ccccc32)cc1. The van der Waals surface area contributed by atoms with Gasteiger partial charge in [0.05, 0.1) is 18.1 Å². The third kappa shape index (κ3) is 3.76. The van der Waals surface area contributed by atoms with E-state index in [4.69, 9.17) is 4.74 Å². The number of benzene rings is 2. The monoisotopic (exact) mass is 455 g/mol. The average molecular weight is 456 g/mol. The van der Waals surface area contributed by atoms with Gasteiger partial charge in [-0.3, -0.25) is 4.57 Å². The summed E-state index contributed by atoms with van der Waals surface area (Å²) in [6.45, 7) is 1.81. The molecule has 0 bridgehead atoms. The van der Waals surface area contributed by atoms with Crippen molar-refractivity contribution < 1.29 is 17.9 Å². The number of methoxy groups -OCH3 is 1. The normalized spacial score (nSPS) is 12.9. The molecule has 1 unspecified atom stereocenters. The molecule has 0 radical (unpaired) electrons. The van der Waals surface area contributed by atoms with Gasteiger partial charge in [-0.05, 0) is 48.2 Å². The maximum atomic E-state index is 13.2. The zero-order valence-electron chi connectivity index (χ0n) is 17.2. The van der Waals surface area contributed by atoms with Gasteiger partial charge in [-0.2, -0.15) is 4.31 Å². The molecule has 0 amide bonds. The summed E-state index contributed by atoms with van der Waals surface area (Å²) in [4.78, 5) is 16.4. The minimum absolute atomic E-state index is 0.0415. The van der Waals surface area contributed by atoms with Crippen LogP contribution in [0.2, 0.25) is 0 Å². The maximum Gasteiger partial charge on any atom is 0.349 e. The van der Waals surface area contributed by atoms with Crippen molar-refractivity contribution in [3.63, 3.8) is 0 Å². The van der Waals surface area contributed by atoms with E-state index in [1.807, 2.05) is 60.0 Å². The van der Waals surface area contributed by atoms with Gasteiger partial charge in [0.25, 0.3) is 0 Å². The minimum atomic E-state index is -3.88. The Morgan fingerprint density at radius 1 is 1.13 bits per heavy atom. The number of carbonyl (C=O) groups excluding carboxylic acids is 1. The van der Waals surface area contributed by atoms with Crippen LogP contribution in [0.1, 0.15) is 28.2 Å². The molecular formula is C22H21N3O4S2. The summed E-state index contributed by atoms with van der Waals surface area (Å²) in [7, 11) is -1.14. The summed E-state index contributed by atoms with van der Waals surface area (Å²) >= 11 is 1.05. The molecule has 4 aromatic rings. The van der Waals surface area contributed by atoms with Gasteiger partial charge < -0.3 is 4.74 Å². The van der Waals surface area contributed by atoms with Crippen molar-refractivity contribution in [2.24, 2.45) is 0 Å². The summed E-state index contributed by atoms with van der Waals surface area (Å²) in [6, 6.07) is 16.5. The van der Waals surface area contributed by atoms with E-state index in [1.54, 1.807) is 11.7 Å². The van der Waals surface area contributed by atoms with Crippen molar-refractivity contribution in [2.45, 2.75) is 17.9 Å². The lowest BCUT2D eigenvalue weighted by molar-refractivity contribution is 0.0602. The minimum Gasteiger partial charge on any atom is -0.465 e. The molecule has 0 N–H and O–H groups in total. The Kier molecular flexibility index (Phi) is 5.65. The predicted molar refractivity (Wildman–Crippen MR) is 120 cm³/mol. The zero-order valence-corrected chi connectivity index (χ0v) is 18.9. The van der Waals surface area contributed by atoms with Gasteiger partial charge in [-0.15, -0.1) is 11.3 Å². The molecule has 9 heteroatoms. The van der Waals surface area contributed by atoms with E-state index in [0.29, 0.717) is 0 Å². The second-order valence-corrected chi connectivity index (χ2v) is 9.88. The van der Waals surface area contributed by atoms with Crippen molar-refractivity contribution in [2.75, 3.05) is 14.2 Å². The Morgan fingerprint density at radius 3 is 2.55 bits per heavy atom. The number of thiophene rings is 1. The van der Waals surface area contributed by atoms with E-state index in [1.165, 1.54) is 24.5 Å². The fourth-order valence-corrected chi connectivity index (χ4v) is 6.05. The molecule has 2 heterocycles. The number of fused-ring (bicyclic) bond motifs is 1. The molecule has 160 valence electrons. The maximum absolute atomic E-state index is 13.2. The first-order valence-electron chi connectivity index (χ1n) is 9.51. The highest BCUT2D eigenvalue weighted by atomic mass is 32.2. The van der Waals surface area contributed by atoms with Gasteiger partial charge in [0.2, 0.25) is 10.0 Å². The summed E-state index contributed by atoms with van der Waals surface area (Å²) in [5.41, 5.74) is 3.66. The number of imidazole rings is 1. The second kappa shape index (κ2) is 8.26. The number of sulfonamides is 1. The van der Waals surface area contributed by atoms with E-state index in [-0.39, 0.29) is 9.77 Å². The predicted octanol–water partition coefficient (Wildman–Crippen LogP) is 4.26. The number of ether oxygens (including phenoxy) is 1. The second-order valence-electron chi connectivity index (χ2n) is 7.00. The molecule has 2 aromatic carbocycles.